The zero-order chi connectivity index (χ0) is 11.6. The van der Waals surface area contributed by atoms with Gasteiger partial charge in [-0.25, -0.2) is 0 Å². The van der Waals surface area contributed by atoms with E-state index in [1.54, 1.807) is 7.11 Å². The normalized spacial score (nSPS) is 17.9. The Morgan fingerprint density at radius 1 is 1.44 bits per heavy atom. The average molecular weight is 240 g/mol. The summed E-state index contributed by atoms with van der Waals surface area (Å²) in [5.41, 5.74) is 1.48. The van der Waals surface area contributed by atoms with Crippen molar-refractivity contribution in [2.75, 3.05) is 20.7 Å². The van der Waals surface area contributed by atoms with Gasteiger partial charge in [-0.15, -0.1) is 0 Å². The van der Waals surface area contributed by atoms with Crippen LogP contribution in [0, 0.1) is 0 Å². The van der Waals surface area contributed by atoms with Gasteiger partial charge in [-0.05, 0) is 38.1 Å². The fourth-order valence-corrected chi connectivity index (χ4v) is 2.75. The highest BCUT2D eigenvalue weighted by atomic mass is 35.5. The van der Waals surface area contributed by atoms with Gasteiger partial charge in [0.15, 0.2) is 0 Å². The average Bonchev–Trinajstić information content (AvgIpc) is 2.23. The molecule has 3 heteroatoms. The van der Waals surface area contributed by atoms with Crippen molar-refractivity contribution < 1.29 is 4.74 Å². The van der Waals surface area contributed by atoms with Gasteiger partial charge >= 0.3 is 0 Å². The van der Waals surface area contributed by atoms with Crippen LogP contribution in [0.2, 0.25) is 5.02 Å². The molecule has 0 heterocycles. The SMILES string of the molecule is CNCC1(c2cc(Cl)ccc2OC)CCC1. The van der Waals surface area contributed by atoms with Crippen LogP contribution < -0.4 is 10.1 Å². The van der Waals surface area contributed by atoms with Gasteiger partial charge in [0.05, 0.1) is 7.11 Å². The van der Waals surface area contributed by atoms with E-state index >= 15 is 0 Å². The highest BCUT2D eigenvalue weighted by Crippen LogP contribution is 2.47. The number of halogens is 1. The fraction of sp³-hybridized carbons (Fsp3) is 0.538. The van der Waals surface area contributed by atoms with Crippen molar-refractivity contribution in [2.45, 2.75) is 24.7 Å². The van der Waals surface area contributed by atoms with E-state index in [-0.39, 0.29) is 5.41 Å². The van der Waals surface area contributed by atoms with Gasteiger partial charge in [0.25, 0.3) is 0 Å². The first-order valence-electron chi connectivity index (χ1n) is 5.70. The van der Waals surface area contributed by atoms with Gasteiger partial charge in [-0.2, -0.15) is 0 Å². The molecular weight excluding hydrogens is 222 g/mol. The number of methoxy groups -OCH3 is 1. The molecular formula is C13H18ClNO. The lowest BCUT2D eigenvalue weighted by Crippen LogP contribution is -2.43. The Morgan fingerprint density at radius 3 is 2.69 bits per heavy atom. The molecule has 2 rings (SSSR count). The number of benzene rings is 1. The molecule has 0 bridgehead atoms. The lowest BCUT2D eigenvalue weighted by Gasteiger charge is -2.43. The standard InChI is InChI=1S/C13H18ClNO/c1-15-9-13(6-3-7-13)11-8-10(14)4-5-12(11)16-2/h4-5,8,15H,3,6-7,9H2,1-2H3. The van der Waals surface area contributed by atoms with E-state index in [0.717, 1.165) is 17.3 Å². The lowest BCUT2D eigenvalue weighted by atomic mass is 9.64. The number of rotatable bonds is 4. The Hall–Kier alpha value is -0.730. The smallest absolute Gasteiger partial charge is 0.122 e. The van der Waals surface area contributed by atoms with Crippen molar-refractivity contribution in [2.24, 2.45) is 0 Å². The number of nitrogens with one attached hydrogen (secondary N) is 1. The third kappa shape index (κ3) is 1.92. The molecule has 1 saturated carbocycles. The molecule has 0 unspecified atom stereocenters. The molecule has 0 aromatic heterocycles. The van der Waals surface area contributed by atoms with Gasteiger partial charge in [-0.1, -0.05) is 18.0 Å². The molecule has 2 nitrogen and oxygen atoms in total. The summed E-state index contributed by atoms with van der Waals surface area (Å²) in [4.78, 5) is 0. The van der Waals surface area contributed by atoms with Crippen LogP contribution in [-0.4, -0.2) is 20.7 Å². The maximum atomic E-state index is 6.09. The van der Waals surface area contributed by atoms with E-state index in [2.05, 4.69) is 11.4 Å². The Bertz CT molecular complexity index is 374. The van der Waals surface area contributed by atoms with Crippen molar-refractivity contribution in [3.8, 4) is 5.75 Å². The van der Waals surface area contributed by atoms with Crippen LogP contribution >= 0.6 is 11.6 Å². The molecule has 1 N–H and O–H groups in total. The molecule has 0 atom stereocenters. The molecule has 0 spiro atoms. The number of ether oxygens (including phenoxy) is 1. The zero-order valence-corrected chi connectivity index (χ0v) is 10.6. The highest BCUT2D eigenvalue weighted by molar-refractivity contribution is 6.30. The molecule has 1 aliphatic rings. The molecule has 0 radical (unpaired) electrons. The van der Waals surface area contributed by atoms with E-state index in [9.17, 15) is 0 Å². The first-order chi connectivity index (χ1) is 7.72. The van der Waals surface area contributed by atoms with Crippen LogP contribution in [0.1, 0.15) is 24.8 Å². The van der Waals surface area contributed by atoms with Crippen molar-refractivity contribution >= 4 is 11.6 Å². The summed E-state index contributed by atoms with van der Waals surface area (Å²) in [5, 5.41) is 4.07. The van der Waals surface area contributed by atoms with Crippen LogP contribution in [0.15, 0.2) is 18.2 Å². The monoisotopic (exact) mass is 239 g/mol. The second kappa shape index (κ2) is 4.64. The molecule has 16 heavy (non-hydrogen) atoms. The van der Waals surface area contributed by atoms with E-state index in [4.69, 9.17) is 16.3 Å². The Morgan fingerprint density at radius 2 is 2.19 bits per heavy atom. The van der Waals surface area contributed by atoms with Gasteiger partial charge in [0.2, 0.25) is 0 Å². The maximum absolute atomic E-state index is 6.09. The quantitative estimate of drug-likeness (QED) is 0.872. The minimum atomic E-state index is 0.227. The summed E-state index contributed by atoms with van der Waals surface area (Å²) in [5.74, 6) is 0.958. The molecule has 88 valence electrons. The van der Waals surface area contributed by atoms with Gasteiger partial charge in [0.1, 0.15) is 5.75 Å². The van der Waals surface area contributed by atoms with E-state index in [1.807, 2.05) is 19.2 Å². The molecule has 0 amide bonds. The molecule has 1 aliphatic carbocycles. The topological polar surface area (TPSA) is 21.3 Å². The lowest BCUT2D eigenvalue weighted by molar-refractivity contribution is 0.230. The molecule has 1 fully saturated rings. The number of hydrogen-bond donors (Lipinski definition) is 1. The summed E-state index contributed by atoms with van der Waals surface area (Å²) in [6.07, 6.45) is 3.71. The minimum Gasteiger partial charge on any atom is -0.496 e. The largest absolute Gasteiger partial charge is 0.496 e. The van der Waals surface area contributed by atoms with E-state index < -0.39 is 0 Å². The minimum absolute atomic E-state index is 0.227. The maximum Gasteiger partial charge on any atom is 0.122 e. The number of hydrogen-bond acceptors (Lipinski definition) is 2. The van der Waals surface area contributed by atoms with Crippen molar-refractivity contribution in [1.82, 2.24) is 5.32 Å². The van der Waals surface area contributed by atoms with E-state index in [1.165, 1.54) is 24.8 Å². The first-order valence-corrected chi connectivity index (χ1v) is 6.08. The third-order valence-corrected chi connectivity index (χ3v) is 3.79. The first kappa shape index (κ1) is 11.7. The van der Waals surface area contributed by atoms with Crippen LogP contribution in [-0.2, 0) is 5.41 Å². The van der Waals surface area contributed by atoms with Crippen LogP contribution in [0.25, 0.3) is 0 Å². The molecule has 0 aliphatic heterocycles. The predicted molar refractivity (Wildman–Crippen MR) is 67.5 cm³/mol. The summed E-state index contributed by atoms with van der Waals surface area (Å²) in [6.45, 7) is 0.990. The summed E-state index contributed by atoms with van der Waals surface area (Å²) in [7, 11) is 3.72. The van der Waals surface area contributed by atoms with Crippen molar-refractivity contribution in [3.05, 3.63) is 28.8 Å². The van der Waals surface area contributed by atoms with Crippen molar-refractivity contribution in [3.63, 3.8) is 0 Å². The van der Waals surface area contributed by atoms with Crippen LogP contribution in [0.3, 0.4) is 0 Å². The fourth-order valence-electron chi connectivity index (χ4n) is 2.58. The van der Waals surface area contributed by atoms with Gasteiger partial charge in [-0.3, -0.25) is 0 Å². The highest BCUT2D eigenvalue weighted by Gasteiger charge is 2.40. The van der Waals surface area contributed by atoms with Crippen molar-refractivity contribution in [1.29, 1.82) is 0 Å². The second-order valence-electron chi connectivity index (χ2n) is 4.51. The second-order valence-corrected chi connectivity index (χ2v) is 4.95. The van der Waals surface area contributed by atoms with Gasteiger partial charge < -0.3 is 10.1 Å². The third-order valence-electron chi connectivity index (χ3n) is 3.56. The summed E-state index contributed by atoms with van der Waals surface area (Å²) in [6, 6.07) is 5.90. The van der Waals surface area contributed by atoms with Gasteiger partial charge in [0, 0.05) is 22.5 Å². The Kier molecular flexibility index (Phi) is 3.41. The van der Waals surface area contributed by atoms with Crippen LogP contribution in [0.4, 0.5) is 0 Å². The number of likely N-dealkylation sites (N-methyl/N-ethyl adjacent to an activating group) is 1. The van der Waals surface area contributed by atoms with E-state index in [0.29, 0.717) is 0 Å². The molecule has 1 aromatic carbocycles. The zero-order valence-electron chi connectivity index (χ0n) is 9.85. The Balaban J connectivity index is 2.40. The molecule has 1 aromatic rings. The summed E-state index contributed by atoms with van der Waals surface area (Å²) >= 11 is 6.09. The van der Waals surface area contributed by atoms with Crippen LogP contribution in [0.5, 0.6) is 5.75 Å². The predicted octanol–water partition coefficient (Wildman–Crippen LogP) is 2.99. The Labute approximate surface area is 102 Å². The molecule has 0 saturated heterocycles. The summed E-state index contributed by atoms with van der Waals surface area (Å²) < 4.78 is 5.44.